The van der Waals surface area contributed by atoms with Gasteiger partial charge >= 0.3 is 6.03 Å². The molecule has 2 amide bonds. The van der Waals surface area contributed by atoms with Crippen LogP contribution in [0.4, 0.5) is 4.79 Å². The van der Waals surface area contributed by atoms with E-state index in [0.717, 1.165) is 21.1 Å². The molecule has 0 aliphatic heterocycles. The number of nitrogens with one attached hydrogen (secondary N) is 3. The highest BCUT2D eigenvalue weighted by Gasteiger charge is 2.07. The first kappa shape index (κ1) is 15.2. The second kappa shape index (κ2) is 6.53. The van der Waals surface area contributed by atoms with Crippen molar-refractivity contribution in [1.82, 2.24) is 20.6 Å². The molecule has 0 radical (unpaired) electrons. The number of rotatable bonds is 4. The van der Waals surface area contributed by atoms with Crippen molar-refractivity contribution in [2.45, 2.75) is 33.9 Å². The Balaban J connectivity index is 1.88. The van der Waals surface area contributed by atoms with Gasteiger partial charge < -0.3 is 15.6 Å². The maximum Gasteiger partial charge on any atom is 0.315 e. The van der Waals surface area contributed by atoms with Crippen molar-refractivity contribution in [2.24, 2.45) is 0 Å². The minimum absolute atomic E-state index is 0.161. The van der Waals surface area contributed by atoms with Crippen LogP contribution in [-0.4, -0.2) is 16.0 Å². The fraction of sp³-hybridized carbons (Fsp3) is 0.357. The maximum atomic E-state index is 11.8. The number of hydrogen-bond donors (Lipinski definition) is 3. The Labute approximate surface area is 126 Å². The van der Waals surface area contributed by atoms with Gasteiger partial charge in [0, 0.05) is 22.3 Å². The molecule has 21 heavy (non-hydrogen) atoms. The summed E-state index contributed by atoms with van der Waals surface area (Å²) >= 11 is 1.54. The van der Waals surface area contributed by atoms with Gasteiger partial charge in [-0.05, 0) is 32.4 Å². The minimum Gasteiger partial charge on any atom is -0.334 e. The van der Waals surface area contributed by atoms with E-state index in [2.05, 4.69) is 20.6 Å². The number of carbonyl (C=O) groups is 1. The Morgan fingerprint density at radius 2 is 2.00 bits per heavy atom. The zero-order valence-corrected chi connectivity index (χ0v) is 13.1. The van der Waals surface area contributed by atoms with E-state index in [1.807, 2.05) is 26.8 Å². The number of thiazole rings is 1. The van der Waals surface area contributed by atoms with E-state index in [-0.39, 0.29) is 18.1 Å². The molecule has 2 heterocycles. The van der Waals surface area contributed by atoms with Crippen molar-refractivity contribution in [3.63, 3.8) is 0 Å². The third-order valence-electron chi connectivity index (χ3n) is 3.01. The highest BCUT2D eigenvalue weighted by atomic mass is 32.1. The molecule has 0 unspecified atom stereocenters. The molecule has 2 aromatic heterocycles. The Hall–Kier alpha value is -2.15. The third-order valence-corrected chi connectivity index (χ3v) is 3.92. The molecule has 2 aromatic rings. The molecule has 0 saturated heterocycles. The summed E-state index contributed by atoms with van der Waals surface area (Å²) < 4.78 is 0. The average molecular weight is 306 g/mol. The normalized spacial score (nSPS) is 10.4. The van der Waals surface area contributed by atoms with Crippen LogP contribution in [0.25, 0.3) is 0 Å². The Morgan fingerprint density at radius 3 is 2.62 bits per heavy atom. The summed E-state index contributed by atoms with van der Waals surface area (Å²) in [4.78, 5) is 31.4. The number of H-pyrrole nitrogens is 1. The van der Waals surface area contributed by atoms with Gasteiger partial charge in [-0.15, -0.1) is 11.3 Å². The molecule has 0 aliphatic rings. The molecule has 6 nitrogen and oxygen atoms in total. The van der Waals surface area contributed by atoms with Crippen molar-refractivity contribution in [1.29, 1.82) is 0 Å². The van der Waals surface area contributed by atoms with Crippen molar-refractivity contribution >= 4 is 17.4 Å². The van der Waals surface area contributed by atoms with E-state index < -0.39 is 0 Å². The van der Waals surface area contributed by atoms with Crippen LogP contribution >= 0.6 is 11.3 Å². The number of nitrogens with zero attached hydrogens (tertiary/aromatic N) is 1. The van der Waals surface area contributed by atoms with Gasteiger partial charge in [0.15, 0.2) is 0 Å². The van der Waals surface area contributed by atoms with Gasteiger partial charge in [-0.2, -0.15) is 0 Å². The summed E-state index contributed by atoms with van der Waals surface area (Å²) in [6, 6.07) is 1.58. The van der Waals surface area contributed by atoms with E-state index in [0.29, 0.717) is 12.1 Å². The second-order valence-electron chi connectivity index (χ2n) is 4.82. The van der Waals surface area contributed by atoms with Crippen LogP contribution in [0.2, 0.25) is 0 Å². The third kappa shape index (κ3) is 4.16. The molecule has 112 valence electrons. The topological polar surface area (TPSA) is 86.9 Å². The van der Waals surface area contributed by atoms with Gasteiger partial charge in [-0.1, -0.05) is 0 Å². The van der Waals surface area contributed by atoms with Gasteiger partial charge in [-0.25, -0.2) is 9.78 Å². The van der Waals surface area contributed by atoms with Crippen LogP contribution in [-0.2, 0) is 13.1 Å². The molecule has 7 heteroatoms. The van der Waals surface area contributed by atoms with E-state index in [4.69, 9.17) is 0 Å². The lowest BCUT2D eigenvalue weighted by atomic mass is 10.1. The predicted octanol–water partition coefficient (Wildman–Crippen LogP) is 1.76. The lowest BCUT2D eigenvalue weighted by molar-refractivity contribution is 0.240. The van der Waals surface area contributed by atoms with E-state index in [1.54, 1.807) is 17.5 Å². The monoisotopic (exact) mass is 306 g/mol. The maximum absolute atomic E-state index is 11.8. The van der Waals surface area contributed by atoms with Crippen LogP contribution in [0.15, 0.2) is 17.1 Å². The number of pyridine rings is 1. The average Bonchev–Trinajstić information content (AvgIpc) is 2.81. The smallest absolute Gasteiger partial charge is 0.315 e. The molecule has 2 rings (SSSR count). The highest BCUT2D eigenvalue weighted by Crippen LogP contribution is 2.10. The summed E-state index contributed by atoms with van der Waals surface area (Å²) in [6.45, 7) is 6.24. The van der Waals surface area contributed by atoms with Crippen LogP contribution in [0, 0.1) is 20.8 Å². The number of urea groups is 1. The Kier molecular flexibility index (Phi) is 4.74. The molecular formula is C14H18N4O2S. The van der Waals surface area contributed by atoms with Gasteiger partial charge in [0.2, 0.25) is 0 Å². The molecule has 0 saturated carbocycles. The van der Waals surface area contributed by atoms with Gasteiger partial charge in [0.1, 0.15) is 0 Å². The van der Waals surface area contributed by atoms with Crippen molar-refractivity contribution in [3.8, 4) is 0 Å². The quantitative estimate of drug-likeness (QED) is 0.804. The summed E-state index contributed by atoms with van der Waals surface area (Å²) in [6.07, 6.45) is 1.75. The highest BCUT2D eigenvalue weighted by molar-refractivity contribution is 7.11. The molecule has 0 aliphatic carbocycles. The first-order valence-corrected chi connectivity index (χ1v) is 7.40. The molecule has 3 N–H and O–H groups in total. The van der Waals surface area contributed by atoms with Crippen LogP contribution < -0.4 is 16.2 Å². The largest absolute Gasteiger partial charge is 0.334 e. The van der Waals surface area contributed by atoms with Crippen molar-refractivity contribution in [3.05, 3.63) is 49.3 Å². The van der Waals surface area contributed by atoms with Gasteiger partial charge in [-0.3, -0.25) is 4.79 Å². The minimum atomic E-state index is -0.305. The summed E-state index contributed by atoms with van der Waals surface area (Å²) in [5, 5.41) is 6.40. The molecule has 0 spiro atoms. The van der Waals surface area contributed by atoms with E-state index >= 15 is 0 Å². The standard InChI is InChI=1S/C14H18N4O2S/c1-8-4-9(2)18-13(19)12(8)7-17-14(20)16-6-11-5-15-10(3)21-11/h4-5H,6-7H2,1-3H3,(H,18,19)(H2,16,17,20). The Bertz CT molecular complexity index is 705. The lowest BCUT2D eigenvalue weighted by Crippen LogP contribution is -2.36. The SMILES string of the molecule is Cc1cc(C)c(CNC(=O)NCc2cnc(C)s2)c(=O)[nH]1. The van der Waals surface area contributed by atoms with E-state index in [1.165, 1.54) is 0 Å². The predicted molar refractivity (Wildman–Crippen MR) is 82.5 cm³/mol. The Morgan fingerprint density at radius 1 is 1.29 bits per heavy atom. The van der Waals surface area contributed by atoms with Gasteiger partial charge in [0.25, 0.3) is 5.56 Å². The fourth-order valence-electron chi connectivity index (χ4n) is 1.99. The summed E-state index contributed by atoms with van der Waals surface area (Å²) in [5.74, 6) is 0. The van der Waals surface area contributed by atoms with Gasteiger partial charge in [0.05, 0.1) is 18.1 Å². The first-order chi connectivity index (χ1) is 9.95. The number of aromatic nitrogens is 2. The molecule has 0 bridgehead atoms. The van der Waals surface area contributed by atoms with Crippen molar-refractivity contribution in [2.75, 3.05) is 0 Å². The summed E-state index contributed by atoms with van der Waals surface area (Å²) in [5.41, 5.74) is 2.09. The molecule has 0 fully saturated rings. The number of hydrogen-bond acceptors (Lipinski definition) is 4. The number of aryl methyl sites for hydroxylation is 3. The fourth-order valence-corrected chi connectivity index (χ4v) is 2.72. The lowest BCUT2D eigenvalue weighted by Gasteiger charge is -2.08. The van der Waals surface area contributed by atoms with Crippen LogP contribution in [0.5, 0.6) is 0 Å². The zero-order chi connectivity index (χ0) is 15.4. The van der Waals surface area contributed by atoms with Crippen molar-refractivity contribution < 1.29 is 4.79 Å². The molecular weight excluding hydrogens is 288 g/mol. The number of aromatic amines is 1. The molecule has 0 aromatic carbocycles. The zero-order valence-electron chi connectivity index (χ0n) is 12.2. The van der Waals surface area contributed by atoms with Crippen LogP contribution in [0.3, 0.4) is 0 Å². The van der Waals surface area contributed by atoms with E-state index in [9.17, 15) is 9.59 Å². The molecule has 0 atom stereocenters. The number of amides is 2. The first-order valence-electron chi connectivity index (χ1n) is 6.58. The summed E-state index contributed by atoms with van der Waals surface area (Å²) in [7, 11) is 0. The second-order valence-corrected chi connectivity index (χ2v) is 6.14. The number of carbonyl (C=O) groups excluding carboxylic acids is 1. The van der Waals surface area contributed by atoms with Crippen LogP contribution in [0.1, 0.15) is 26.7 Å².